The molecule has 0 fully saturated rings. The highest BCUT2D eigenvalue weighted by atomic mass is 35.5. The molecule has 156 valence electrons. The van der Waals surface area contributed by atoms with Crippen LogP contribution >= 0.6 is 23.2 Å². The van der Waals surface area contributed by atoms with Gasteiger partial charge in [-0.1, -0.05) is 29.3 Å². The molecule has 12 heteroatoms. The molecule has 2 rings (SSSR count). The third kappa shape index (κ3) is 4.04. The van der Waals surface area contributed by atoms with Gasteiger partial charge in [0.15, 0.2) is 20.3 Å². The Hall–Kier alpha value is -1.65. The van der Waals surface area contributed by atoms with Crippen molar-refractivity contribution in [3.8, 4) is 5.75 Å². The van der Waals surface area contributed by atoms with Gasteiger partial charge < -0.3 is 15.7 Å². The highest BCUT2D eigenvalue weighted by molar-refractivity contribution is 7.93. The van der Waals surface area contributed by atoms with Crippen molar-refractivity contribution in [1.29, 1.82) is 0 Å². The van der Waals surface area contributed by atoms with Crippen molar-refractivity contribution in [2.24, 2.45) is 0 Å². The van der Waals surface area contributed by atoms with Gasteiger partial charge in [0.25, 0.3) is 0 Å². The predicted octanol–water partition coefficient (Wildman–Crippen LogP) is 4.57. The highest BCUT2D eigenvalue weighted by Gasteiger charge is 2.58. The van der Waals surface area contributed by atoms with E-state index in [9.17, 15) is 31.5 Å². The molecule has 0 heterocycles. The van der Waals surface area contributed by atoms with Crippen LogP contribution in [-0.2, 0) is 9.84 Å². The van der Waals surface area contributed by atoms with Crippen molar-refractivity contribution in [1.82, 2.24) is 5.32 Å². The molecule has 0 saturated heterocycles. The van der Waals surface area contributed by atoms with Crippen LogP contribution in [0.15, 0.2) is 28.1 Å². The number of phenolic OH excluding ortho intramolecular Hbond substituents is 1. The number of aromatic hydroxyl groups is 1. The lowest BCUT2D eigenvalue weighted by atomic mass is 10.2. The number of alkyl halides is 3. The van der Waals surface area contributed by atoms with Gasteiger partial charge in [0.05, 0.1) is 16.8 Å². The Balaban J connectivity index is 2.39. The fourth-order valence-corrected chi connectivity index (χ4v) is 4.67. The summed E-state index contributed by atoms with van der Waals surface area (Å²) in [6, 6.07) is 0.764. The van der Waals surface area contributed by atoms with Crippen LogP contribution in [0.1, 0.15) is 26.7 Å². The molecule has 0 aromatic heterocycles. The maximum Gasteiger partial charge on any atom is 0.408 e. The number of carbonyl (C=O) groups excluding carboxylic acids is 1. The van der Waals surface area contributed by atoms with Crippen LogP contribution in [0.3, 0.4) is 0 Å². The highest BCUT2D eigenvalue weighted by Crippen LogP contribution is 2.46. The molecule has 1 atom stereocenters. The minimum absolute atomic E-state index is 0.420. The minimum Gasteiger partial charge on any atom is -0.504 e. The van der Waals surface area contributed by atoms with E-state index >= 15 is 0 Å². The molecule has 0 aliphatic heterocycles. The Morgan fingerprint density at radius 2 is 1.86 bits per heavy atom. The number of allylic oxidation sites excluding steroid dienone is 1. The molecule has 1 aromatic rings. The predicted molar refractivity (Wildman–Crippen MR) is 99.5 cm³/mol. The van der Waals surface area contributed by atoms with E-state index in [4.69, 9.17) is 23.2 Å². The summed E-state index contributed by atoms with van der Waals surface area (Å²) in [4.78, 5) is 11.0. The molecule has 0 radical (unpaired) electrons. The number of benzene rings is 1. The third-order valence-corrected chi connectivity index (χ3v) is 7.76. The molecule has 1 aliphatic rings. The number of hydrogen-bond donors (Lipinski definition) is 3. The summed E-state index contributed by atoms with van der Waals surface area (Å²) in [6.07, 6.45) is -2.20. The number of amides is 2. The van der Waals surface area contributed by atoms with Crippen molar-refractivity contribution in [2.45, 2.75) is 48.5 Å². The van der Waals surface area contributed by atoms with Crippen LogP contribution in [0.25, 0.3) is 0 Å². The Morgan fingerprint density at radius 3 is 2.36 bits per heavy atom. The molecular weight excluding hydrogens is 444 g/mol. The van der Waals surface area contributed by atoms with E-state index in [0.717, 1.165) is 12.1 Å². The van der Waals surface area contributed by atoms with E-state index in [1.54, 1.807) is 6.08 Å². The first-order valence-electron chi connectivity index (χ1n) is 7.96. The van der Waals surface area contributed by atoms with Gasteiger partial charge in [0, 0.05) is 5.03 Å². The lowest BCUT2D eigenvalue weighted by Gasteiger charge is -2.28. The van der Waals surface area contributed by atoms with Crippen LogP contribution in [0, 0.1) is 0 Å². The zero-order valence-electron chi connectivity index (χ0n) is 14.7. The molecule has 2 amide bonds. The summed E-state index contributed by atoms with van der Waals surface area (Å²) in [6.45, 7) is 0.915. The summed E-state index contributed by atoms with van der Waals surface area (Å²) in [5.41, 5.74) is -0.420. The zero-order chi connectivity index (χ0) is 21.5. The minimum atomic E-state index is -5.16. The summed E-state index contributed by atoms with van der Waals surface area (Å²) in [5.74, 6) is -1.09. The van der Waals surface area contributed by atoms with Crippen molar-refractivity contribution in [3.63, 3.8) is 0 Å². The van der Waals surface area contributed by atoms with Crippen molar-refractivity contribution >= 4 is 44.8 Å². The molecule has 6 nitrogen and oxygen atoms in total. The average molecular weight is 461 g/mol. The van der Waals surface area contributed by atoms with E-state index in [1.807, 2.05) is 0 Å². The van der Waals surface area contributed by atoms with Crippen LogP contribution in [0.4, 0.5) is 23.7 Å². The fraction of sp³-hybridized carbons (Fsp3) is 0.438. The second-order valence-electron chi connectivity index (χ2n) is 6.60. The molecule has 1 aliphatic carbocycles. The van der Waals surface area contributed by atoms with Gasteiger partial charge in [-0.05, 0) is 38.8 Å². The van der Waals surface area contributed by atoms with Gasteiger partial charge in [0.1, 0.15) is 4.90 Å². The number of phenols is 1. The van der Waals surface area contributed by atoms with E-state index in [-0.39, 0.29) is 0 Å². The quantitative estimate of drug-likeness (QED) is 0.573. The monoisotopic (exact) mass is 460 g/mol. The van der Waals surface area contributed by atoms with Crippen LogP contribution in [0.2, 0.25) is 5.02 Å². The molecule has 1 unspecified atom stereocenters. The third-order valence-electron chi connectivity index (χ3n) is 4.39. The zero-order valence-corrected chi connectivity index (χ0v) is 17.0. The average Bonchev–Trinajstić information content (AvgIpc) is 2.93. The first kappa shape index (κ1) is 22.6. The molecule has 1 aromatic carbocycles. The second kappa shape index (κ2) is 7.64. The fourth-order valence-electron chi connectivity index (χ4n) is 2.44. The standard InChI is InChI=1S/C16H17Cl2F3N2O4S/c1-15(2,16(19,20)21)28(26,27)13-9(18)6-7-11(12(13)24)23-14(25)22-10-5-3-4-8(10)17/h4,6-7,10,24H,3,5H2,1-2H3,(H2,22,23,25). The topological polar surface area (TPSA) is 95.5 Å². The SMILES string of the molecule is CC(C)(C(F)(F)F)S(=O)(=O)c1c(Cl)ccc(NC(=O)NC2CCC=C2Cl)c1O. The summed E-state index contributed by atoms with van der Waals surface area (Å²) in [5, 5.41) is 14.8. The maximum atomic E-state index is 13.3. The molecule has 0 bridgehead atoms. The second-order valence-corrected chi connectivity index (χ2v) is 9.88. The molecular formula is C16H17Cl2F3N2O4S. The van der Waals surface area contributed by atoms with Crippen molar-refractivity contribution in [2.75, 3.05) is 5.32 Å². The number of nitrogens with one attached hydrogen (secondary N) is 2. The number of rotatable bonds is 4. The van der Waals surface area contributed by atoms with E-state index in [2.05, 4.69) is 10.6 Å². The van der Waals surface area contributed by atoms with Crippen LogP contribution < -0.4 is 10.6 Å². The van der Waals surface area contributed by atoms with E-state index in [0.29, 0.717) is 31.7 Å². The molecule has 3 N–H and O–H groups in total. The lowest BCUT2D eigenvalue weighted by Crippen LogP contribution is -2.46. The molecule has 0 saturated carbocycles. The normalized spacial score (nSPS) is 18.0. The maximum absolute atomic E-state index is 13.3. The van der Waals surface area contributed by atoms with Crippen molar-refractivity contribution < 1.29 is 31.5 Å². The largest absolute Gasteiger partial charge is 0.504 e. The number of urea groups is 1. The first-order chi connectivity index (χ1) is 12.7. The van der Waals surface area contributed by atoms with Crippen LogP contribution in [0.5, 0.6) is 5.75 Å². The summed E-state index contributed by atoms with van der Waals surface area (Å²) >= 11 is 11.7. The number of carbonyl (C=O) groups is 1. The van der Waals surface area contributed by atoms with Gasteiger partial charge >= 0.3 is 12.2 Å². The number of hydrogen-bond acceptors (Lipinski definition) is 4. The first-order valence-corrected chi connectivity index (χ1v) is 10.2. The number of sulfone groups is 1. The van der Waals surface area contributed by atoms with Gasteiger partial charge in [-0.2, -0.15) is 13.2 Å². The summed E-state index contributed by atoms with van der Waals surface area (Å²) < 4.78 is 61.7. The Morgan fingerprint density at radius 1 is 1.25 bits per heavy atom. The Bertz CT molecular complexity index is 931. The smallest absolute Gasteiger partial charge is 0.408 e. The van der Waals surface area contributed by atoms with Gasteiger partial charge in [-0.15, -0.1) is 0 Å². The number of halogens is 5. The Kier molecular flexibility index (Phi) is 6.18. The van der Waals surface area contributed by atoms with Gasteiger partial charge in [0.2, 0.25) is 0 Å². The van der Waals surface area contributed by atoms with Gasteiger partial charge in [-0.3, -0.25) is 0 Å². The number of anilines is 1. The lowest BCUT2D eigenvalue weighted by molar-refractivity contribution is -0.153. The molecule has 0 spiro atoms. The summed E-state index contributed by atoms with van der Waals surface area (Å²) in [7, 11) is -5.16. The van der Waals surface area contributed by atoms with E-state index < -0.39 is 54.2 Å². The van der Waals surface area contributed by atoms with Gasteiger partial charge in [-0.25, -0.2) is 13.2 Å². The molecule has 28 heavy (non-hydrogen) atoms. The van der Waals surface area contributed by atoms with E-state index in [1.165, 1.54) is 0 Å². The van der Waals surface area contributed by atoms with Crippen molar-refractivity contribution in [3.05, 3.63) is 28.3 Å². The van der Waals surface area contributed by atoms with Crippen LogP contribution in [-0.4, -0.2) is 36.5 Å². The Labute approximate surface area is 169 Å².